The Bertz CT molecular complexity index is 377. The monoisotopic (exact) mass is 246 g/mol. The summed E-state index contributed by atoms with van der Waals surface area (Å²) in [6.07, 6.45) is 10.7. The van der Waals surface area contributed by atoms with Crippen LogP contribution in [0.3, 0.4) is 0 Å². The molecule has 3 heteroatoms. The molecule has 0 atom stereocenters. The van der Waals surface area contributed by atoms with E-state index in [2.05, 4.69) is 10.5 Å². The fourth-order valence-electron chi connectivity index (χ4n) is 5.29. The predicted molar refractivity (Wildman–Crippen MR) is 68.8 cm³/mol. The normalized spacial score (nSPS) is 41.4. The zero-order chi connectivity index (χ0) is 12.0. The van der Waals surface area contributed by atoms with Crippen molar-refractivity contribution in [1.29, 1.82) is 0 Å². The van der Waals surface area contributed by atoms with Crippen molar-refractivity contribution in [2.75, 3.05) is 6.54 Å². The van der Waals surface area contributed by atoms with Crippen LogP contribution in [0.4, 0.5) is 0 Å². The van der Waals surface area contributed by atoms with E-state index in [1.165, 1.54) is 45.1 Å². The third-order valence-electron chi connectivity index (χ3n) is 5.46. The number of nitrogens with one attached hydrogen (secondary N) is 1. The third kappa shape index (κ3) is 1.89. The summed E-state index contributed by atoms with van der Waals surface area (Å²) < 4.78 is 5.14. The van der Waals surface area contributed by atoms with Crippen LogP contribution >= 0.6 is 0 Å². The number of hydrogen-bond acceptors (Lipinski definition) is 3. The molecule has 0 spiro atoms. The lowest BCUT2D eigenvalue weighted by molar-refractivity contribution is -0.0516. The molecule has 0 aliphatic heterocycles. The van der Waals surface area contributed by atoms with Crippen molar-refractivity contribution in [3.05, 3.63) is 18.0 Å². The fourth-order valence-corrected chi connectivity index (χ4v) is 5.29. The summed E-state index contributed by atoms with van der Waals surface area (Å²) in [5.74, 6) is 4.09. The smallest absolute Gasteiger partial charge is 0.150 e. The van der Waals surface area contributed by atoms with E-state index in [-0.39, 0.29) is 0 Å². The van der Waals surface area contributed by atoms with Gasteiger partial charge < -0.3 is 9.84 Å². The predicted octanol–water partition coefficient (Wildman–Crippen LogP) is 2.98. The van der Waals surface area contributed by atoms with Gasteiger partial charge in [-0.1, -0.05) is 5.16 Å². The summed E-state index contributed by atoms with van der Waals surface area (Å²) in [5.41, 5.74) is 0.620. The van der Waals surface area contributed by atoms with E-state index >= 15 is 0 Å². The Morgan fingerprint density at radius 2 is 1.83 bits per heavy atom. The molecule has 1 aromatic heterocycles. The van der Waals surface area contributed by atoms with Gasteiger partial charge in [-0.25, -0.2) is 0 Å². The maximum absolute atomic E-state index is 5.14. The van der Waals surface area contributed by atoms with Crippen LogP contribution in [0, 0.1) is 23.2 Å². The molecule has 4 aliphatic carbocycles. The van der Waals surface area contributed by atoms with E-state index in [4.69, 9.17) is 4.52 Å². The van der Waals surface area contributed by atoms with Gasteiger partial charge in [-0.15, -0.1) is 0 Å². The van der Waals surface area contributed by atoms with Crippen LogP contribution in [0.2, 0.25) is 0 Å². The number of nitrogens with zero attached hydrogens (tertiary/aromatic N) is 1. The molecule has 4 saturated carbocycles. The maximum atomic E-state index is 5.14. The third-order valence-corrected chi connectivity index (χ3v) is 5.46. The Morgan fingerprint density at radius 1 is 1.17 bits per heavy atom. The highest BCUT2D eigenvalue weighted by Gasteiger charge is 2.50. The topological polar surface area (TPSA) is 38.1 Å². The Balaban J connectivity index is 1.39. The Morgan fingerprint density at radius 3 is 2.39 bits per heavy atom. The first-order valence-electron chi connectivity index (χ1n) is 7.42. The molecule has 1 N–H and O–H groups in total. The summed E-state index contributed by atoms with van der Waals surface area (Å²) in [4.78, 5) is 0. The van der Waals surface area contributed by atoms with Gasteiger partial charge in [0.2, 0.25) is 0 Å². The summed E-state index contributed by atoms with van der Waals surface area (Å²) in [6, 6.07) is 1.95. The van der Waals surface area contributed by atoms with Crippen LogP contribution in [0.1, 0.15) is 44.3 Å². The minimum absolute atomic E-state index is 0.620. The average molecular weight is 246 g/mol. The molecular formula is C15H22N2O. The molecule has 98 valence electrons. The summed E-state index contributed by atoms with van der Waals surface area (Å²) in [5, 5.41) is 7.36. The molecular weight excluding hydrogens is 224 g/mol. The molecule has 0 radical (unpaired) electrons. The van der Waals surface area contributed by atoms with Crippen molar-refractivity contribution in [3.8, 4) is 0 Å². The largest absolute Gasteiger partial charge is 0.360 e. The molecule has 0 saturated heterocycles. The first-order chi connectivity index (χ1) is 8.81. The van der Waals surface area contributed by atoms with E-state index in [0.717, 1.165) is 30.1 Å². The second-order valence-electron chi connectivity index (χ2n) is 7.00. The highest BCUT2D eigenvalue weighted by Crippen LogP contribution is 2.59. The van der Waals surface area contributed by atoms with E-state index in [0.29, 0.717) is 5.41 Å². The van der Waals surface area contributed by atoms with Gasteiger partial charge >= 0.3 is 0 Å². The van der Waals surface area contributed by atoms with Crippen molar-refractivity contribution in [2.24, 2.45) is 23.2 Å². The Hall–Kier alpha value is -0.830. The molecule has 4 fully saturated rings. The quantitative estimate of drug-likeness (QED) is 0.887. The van der Waals surface area contributed by atoms with E-state index in [1.54, 1.807) is 6.20 Å². The van der Waals surface area contributed by atoms with Gasteiger partial charge in [-0.3, -0.25) is 0 Å². The van der Waals surface area contributed by atoms with Crippen LogP contribution in [0.15, 0.2) is 16.8 Å². The van der Waals surface area contributed by atoms with Crippen LogP contribution in [0.25, 0.3) is 0 Å². The van der Waals surface area contributed by atoms with Crippen LogP contribution in [0.5, 0.6) is 0 Å². The van der Waals surface area contributed by atoms with Gasteiger partial charge in [-0.05, 0) is 61.7 Å². The Kier molecular flexibility index (Phi) is 2.51. The molecule has 3 nitrogen and oxygen atoms in total. The van der Waals surface area contributed by atoms with Crippen molar-refractivity contribution in [1.82, 2.24) is 10.5 Å². The molecule has 0 aromatic carbocycles. The highest BCUT2D eigenvalue weighted by atomic mass is 16.5. The van der Waals surface area contributed by atoms with Crippen LogP contribution in [-0.2, 0) is 6.54 Å². The lowest BCUT2D eigenvalue weighted by Gasteiger charge is -2.57. The van der Waals surface area contributed by atoms with Crippen molar-refractivity contribution in [3.63, 3.8) is 0 Å². The lowest BCUT2D eigenvalue weighted by Crippen LogP contribution is -2.50. The molecule has 1 aromatic rings. The summed E-state index contributed by atoms with van der Waals surface area (Å²) >= 11 is 0. The molecule has 4 bridgehead atoms. The first kappa shape index (κ1) is 11.0. The van der Waals surface area contributed by atoms with Crippen LogP contribution in [-0.4, -0.2) is 11.7 Å². The Labute approximate surface area is 108 Å². The SMILES string of the molecule is c1cc(CNCC23CC4CC(CC(C4)C2)C3)on1. The molecule has 5 rings (SSSR count). The van der Waals surface area contributed by atoms with E-state index in [9.17, 15) is 0 Å². The average Bonchev–Trinajstić information content (AvgIpc) is 2.79. The number of hydrogen-bond donors (Lipinski definition) is 1. The van der Waals surface area contributed by atoms with Gasteiger partial charge in [0.25, 0.3) is 0 Å². The van der Waals surface area contributed by atoms with E-state index in [1.807, 2.05) is 6.07 Å². The van der Waals surface area contributed by atoms with Gasteiger partial charge in [0, 0.05) is 12.6 Å². The fraction of sp³-hybridized carbons (Fsp3) is 0.800. The molecule has 0 amide bonds. The van der Waals surface area contributed by atoms with E-state index < -0.39 is 0 Å². The zero-order valence-corrected chi connectivity index (χ0v) is 10.9. The van der Waals surface area contributed by atoms with Gasteiger partial charge in [0.05, 0.1) is 12.7 Å². The minimum atomic E-state index is 0.620. The van der Waals surface area contributed by atoms with Gasteiger partial charge in [0.15, 0.2) is 0 Å². The summed E-state index contributed by atoms with van der Waals surface area (Å²) in [6.45, 7) is 2.01. The molecule has 18 heavy (non-hydrogen) atoms. The van der Waals surface area contributed by atoms with Gasteiger partial charge in [0.1, 0.15) is 5.76 Å². The van der Waals surface area contributed by atoms with Crippen LogP contribution < -0.4 is 5.32 Å². The summed E-state index contributed by atoms with van der Waals surface area (Å²) in [7, 11) is 0. The highest BCUT2D eigenvalue weighted by molar-refractivity contribution is 5.02. The van der Waals surface area contributed by atoms with Gasteiger partial charge in [-0.2, -0.15) is 0 Å². The molecule has 1 heterocycles. The second-order valence-corrected chi connectivity index (χ2v) is 7.00. The number of aromatic nitrogens is 1. The standard InChI is InChI=1S/C15H22N2O/c1-2-17-18-14(1)9-16-10-15-6-11-3-12(7-15)5-13(4-11)8-15/h1-2,11-13,16H,3-10H2. The minimum Gasteiger partial charge on any atom is -0.360 e. The van der Waals surface area contributed by atoms with Crippen molar-refractivity contribution >= 4 is 0 Å². The van der Waals surface area contributed by atoms with Crippen molar-refractivity contribution < 1.29 is 4.52 Å². The zero-order valence-electron chi connectivity index (χ0n) is 10.9. The lowest BCUT2D eigenvalue weighted by atomic mass is 9.49. The second kappa shape index (κ2) is 4.09. The van der Waals surface area contributed by atoms with Crippen molar-refractivity contribution in [2.45, 2.75) is 45.1 Å². The molecule has 0 unspecified atom stereocenters. The first-order valence-corrected chi connectivity index (χ1v) is 7.42. The molecule has 4 aliphatic rings. The number of rotatable bonds is 4. The maximum Gasteiger partial charge on any atom is 0.150 e.